The first-order valence-electron chi connectivity index (χ1n) is 6.34. The van der Waals surface area contributed by atoms with E-state index in [1.165, 1.54) is 24.2 Å². The van der Waals surface area contributed by atoms with Crippen LogP contribution < -0.4 is 5.32 Å². The standard InChI is InChI=1S/C13H20N2O2S/c1-8(9-4-5-9)6-14-12-15-10(7-18-12)13(2,3)11(16)17/h7-9H,4-6H2,1-3H3,(H,14,15)(H,16,17). The van der Waals surface area contributed by atoms with Gasteiger partial charge >= 0.3 is 5.97 Å². The molecule has 1 aromatic heterocycles. The molecule has 100 valence electrons. The fraction of sp³-hybridized carbons (Fsp3) is 0.692. The Morgan fingerprint density at radius 1 is 1.67 bits per heavy atom. The number of thiazole rings is 1. The molecule has 0 radical (unpaired) electrons. The lowest BCUT2D eigenvalue weighted by Gasteiger charge is -2.15. The molecule has 0 saturated heterocycles. The van der Waals surface area contributed by atoms with Crippen molar-refractivity contribution in [3.05, 3.63) is 11.1 Å². The average molecular weight is 268 g/mol. The maximum atomic E-state index is 11.1. The second-order valence-electron chi connectivity index (χ2n) is 5.66. The molecule has 1 aliphatic rings. The van der Waals surface area contributed by atoms with Gasteiger partial charge in [-0.05, 0) is 38.5 Å². The predicted molar refractivity (Wildman–Crippen MR) is 73.2 cm³/mol. The Morgan fingerprint density at radius 2 is 2.33 bits per heavy atom. The normalized spacial score (nSPS) is 17.5. The second kappa shape index (κ2) is 4.88. The van der Waals surface area contributed by atoms with Crippen LogP contribution in [0.3, 0.4) is 0 Å². The summed E-state index contributed by atoms with van der Waals surface area (Å²) in [7, 11) is 0. The van der Waals surface area contributed by atoms with E-state index < -0.39 is 11.4 Å². The number of nitrogens with zero attached hydrogens (tertiary/aromatic N) is 1. The third-order valence-corrected chi connectivity index (χ3v) is 4.48. The third-order valence-electron chi connectivity index (χ3n) is 3.68. The molecule has 0 amide bonds. The highest BCUT2D eigenvalue weighted by Gasteiger charge is 2.32. The van der Waals surface area contributed by atoms with Crippen molar-refractivity contribution in [2.24, 2.45) is 11.8 Å². The van der Waals surface area contributed by atoms with E-state index in [1.807, 2.05) is 5.38 Å². The molecule has 1 aliphatic carbocycles. The van der Waals surface area contributed by atoms with Gasteiger partial charge in [0.25, 0.3) is 0 Å². The molecule has 1 atom stereocenters. The smallest absolute Gasteiger partial charge is 0.315 e. The van der Waals surface area contributed by atoms with Crippen molar-refractivity contribution >= 4 is 22.4 Å². The molecule has 1 fully saturated rings. The van der Waals surface area contributed by atoms with Crippen LogP contribution in [0.25, 0.3) is 0 Å². The van der Waals surface area contributed by atoms with Crippen molar-refractivity contribution in [3.63, 3.8) is 0 Å². The summed E-state index contributed by atoms with van der Waals surface area (Å²) in [4.78, 5) is 15.5. The van der Waals surface area contributed by atoms with Gasteiger partial charge in [-0.25, -0.2) is 4.98 Å². The molecule has 0 bridgehead atoms. The first kappa shape index (κ1) is 13.3. The first-order valence-corrected chi connectivity index (χ1v) is 7.22. The zero-order valence-electron chi connectivity index (χ0n) is 11.1. The van der Waals surface area contributed by atoms with Crippen LogP contribution in [0, 0.1) is 11.8 Å². The molecule has 2 rings (SSSR count). The van der Waals surface area contributed by atoms with Gasteiger partial charge in [0.2, 0.25) is 0 Å². The van der Waals surface area contributed by atoms with E-state index in [1.54, 1.807) is 13.8 Å². The zero-order valence-corrected chi connectivity index (χ0v) is 11.9. The summed E-state index contributed by atoms with van der Waals surface area (Å²) < 4.78 is 0. The second-order valence-corrected chi connectivity index (χ2v) is 6.52. The lowest BCUT2D eigenvalue weighted by Crippen LogP contribution is -2.28. The molecule has 2 N–H and O–H groups in total. The fourth-order valence-electron chi connectivity index (χ4n) is 1.83. The minimum absolute atomic E-state index is 0.626. The zero-order chi connectivity index (χ0) is 13.3. The van der Waals surface area contributed by atoms with Crippen LogP contribution in [0.2, 0.25) is 0 Å². The molecular weight excluding hydrogens is 248 g/mol. The molecule has 5 heteroatoms. The van der Waals surface area contributed by atoms with Crippen LogP contribution in [-0.2, 0) is 10.2 Å². The topological polar surface area (TPSA) is 62.2 Å². The van der Waals surface area contributed by atoms with Crippen LogP contribution >= 0.6 is 11.3 Å². The van der Waals surface area contributed by atoms with Crippen LogP contribution in [0.5, 0.6) is 0 Å². The number of rotatable bonds is 6. The highest BCUT2D eigenvalue weighted by molar-refractivity contribution is 7.13. The molecule has 0 aromatic carbocycles. The number of carboxylic acids is 1. The molecule has 1 aromatic rings. The summed E-state index contributed by atoms with van der Waals surface area (Å²) in [5.74, 6) is 0.697. The first-order chi connectivity index (χ1) is 8.41. The average Bonchev–Trinajstić information content (AvgIpc) is 3.04. The van der Waals surface area contributed by atoms with E-state index in [4.69, 9.17) is 5.11 Å². The Labute approximate surface area is 111 Å². The molecule has 0 aliphatic heterocycles. The Hall–Kier alpha value is -1.10. The number of carbonyl (C=O) groups is 1. The fourth-order valence-corrected chi connectivity index (χ4v) is 2.72. The number of hydrogen-bond acceptors (Lipinski definition) is 4. The Morgan fingerprint density at radius 3 is 2.89 bits per heavy atom. The van der Waals surface area contributed by atoms with E-state index in [2.05, 4.69) is 17.2 Å². The Kier molecular flexibility index (Phi) is 3.61. The van der Waals surface area contributed by atoms with Crippen molar-refractivity contribution in [1.82, 2.24) is 4.98 Å². The quantitative estimate of drug-likeness (QED) is 0.832. The number of hydrogen-bond donors (Lipinski definition) is 2. The Bertz CT molecular complexity index is 438. The highest BCUT2D eigenvalue weighted by atomic mass is 32.1. The summed E-state index contributed by atoms with van der Waals surface area (Å²) in [6.07, 6.45) is 2.69. The van der Waals surface area contributed by atoms with Gasteiger partial charge in [-0.15, -0.1) is 11.3 Å². The minimum Gasteiger partial charge on any atom is -0.481 e. The molecule has 1 heterocycles. The minimum atomic E-state index is -0.918. The summed E-state index contributed by atoms with van der Waals surface area (Å²) >= 11 is 1.48. The van der Waals surface area contributed by atoms with Gasteiger partial charge in [0, 0.05) is 11.9 Å². The highest BCUT2D eigenvalue weighted by Crippen LogP contribution is 2.36. The maximum Gasteiger partial charge on any atom is 0.315 e. The van der Waals surface area contributed by atoms with E-state index >= 15 is 0 Å². The summed E-state index contributed by atoms with van der Waals surface area (Å²) in [6.45, 7) is 6.54. The van der Waals surface area contributed by atoms with Crippen molar-refractivity contribution in [2.75, 3.05) is 11.9 Å². The number of anilines is 1. The van der Waals surface area contributed by atoms with Gasteiger partial charge < -0.3 is 10.4 Å². The lowest BCUT2D eigenvalue weighted by molar-refractivity contribution is -0.142. The monoisotopic (exact) mass is 268 g/mol. The van der Waals surface area contributed by atoms with Gasteiger partial charge in [0.1, 0.15) is 5.41 Å². The summed E-state index contributed by atoms with van der Waals surface area (Å²) in [5.41, 5.74) is -0.292. The van der Waals surface area contributed by atoms with Crippen molar-refractivity contribution in [3.8, 4) is 0 Å². The SMILES string of the molecule is CC(CNc1nc(C(C)(C)C(=O)O)cs1)C1CC1. The molecular formula is C13H20N2O2S. The van der Waals surface area contributed by atoms with E-state index in [0.717, 1.165) is 17.6 Å². The largest absolute Gasteiger partial charge is 0.481 e. The van der Waals surface area contributed by atoms with E-state index in [-0.39, 0.29) is 0 Å². The third kappa shape index (κ3) is 2.83. The van der Waals surface area contributed by atoms with Gasteiger partial charge in [-0.1, -0.05) is 6.92 Å². The van der Waals surface area contributed by atoms with Gasteiger partial charge in [0.15, 0.2) is 5.13 Å². The van der Waals surface area contributed by atoms with Crippen molar-refractivity contribution < 1.29 is 9.90 Å². The van der Waals surface area contributed by atoms with Crippen LogP contribution in [-0.4, -0.2) is 22.6 Å². The number of nitrogens with one attached hydrogen (secondary N) is 1. The van der Waals surface area contributed by atoms with Gasteiger partial charge in [-0.2, -0.15) is 0 Å². The number of aromatic nitrogens is 1. The van der Waals surface area contributed by atoms with Crippen molar-refractivity contribution in [1.29, 1.82) is 0 Å². The molecule has 1 saturated carbocycles. The molecule has 4 nitrogen and oxygen atoms in total. The van der Waals surface area contributed by atoms with Crippen LogP contribution in [0.4, 0.5) is 5.13 Å². The van der Waals surface area contributed by atoms with Crippen molar-refractivity contribution in [2.45, 2.75) is 39.0 Å². The van der Waals surface area contributed by atoms with Gasteiger partial charge in [-0.3, -0.25) is 4.79 Å². The lowest BCUT2D eigenvalue weighted by atomic mass is 9.90. The summed E-state index contributed by atoms with van der Waals surface area (Å²) in [5, 5.41) is 15.1. The number of carboxylic acid groups (broad SMARTS) is 1. The molecule has 0 spiro atoms. The predicted octanol–water partition coefficient (Wildman–Crippen LogP) is 2.96. The van der Waals surface area contributed by atoms with Crippen LogP contribution in [0.15, 0.2) is 5.38 Å². The van der Waals surface area contributed by atoms with E-state index in [0.29, 0.717) is 11.6 Å². The molecule has 1 unspecified atom stereocenters. The van der Waals surface area contributed by atoms with Crippen LogP contribution in [0.1, 0.15) is 39.3 Å². The summed E-state index contributed by atoms with van der Waals surface area (Å²) in [6, 6.07) is 0. The number of aliphatic carboxylic acids is 1. The molecule has 18 heavy (non-hydrogen) atoms. The maximum absolute atomic E-state index is 11.1. The van der Waals surface area contributed by atoms with E-state index in [9.17, 15) is 4.79 Å². The Balaban J connectivity index is 1.95. The van der Waals surface area contributed by atoms with Gasteiger partial charge in [0.05, 0.1) is 5.69 Å².